The third-order valence-electron chi connectivity index (χ3n) is 2.29. The maximum atomic E-state index is 5.79. The molecule has 1 aliphatic rings. The Labute approximate surface area is 107 Å². The van der Waals surface area contributed by atoms with Crippen molar-refractivity contribution in [2.24, 2.45) is 5.73 Å². The summed E-state index contributed by atoms with van der Waals surface area (Å²) in [7, 11) is 0. The van der Waals surface area contributed by atoms with E-state index in [4.69, 9.17) is 15.2 Å². The van der Waals surface area contributed by atoms with Crippen molar-refractivity contribution in [3.8, 4) is 5.75 Å². The highest BCUT2D eigenvalue weighted by Gasteiger charge is 2.26. The topological polar surface area (TPSA) is 62.3 Å². The summed E-state index contributed by atoms with van der Waals surface area (Å²) in [6, 6.07) is -0.0278. The van der Waals surface area contributed by atoms with Crippen molar-refractivity contribution < 1.29 is 9.47 Å². The minimum Gasteiger partial charge on any atom is -0.483 e. The Hall–Kier alpha value is -0.490. The van der Waals surface area contributed by atoms with E-state index >= 15 is 0 Å². The quantitative estimate of drug-likeness (QED) is 0.884. The van der Waals surface area contributed by atoms with Crippen molar-refractivity contribution in [1.29, 1.82) is 0 Å². The molecule has 1 aliphatic heterocycles. The molecule has 0 aliphatic carbocycles. The standard InChI is InChI=1S/C9H15N3O2.2ClH/c1-2-12-4-7(3-11-12)14-9-6-13-5-8(9)10;;/h3-4,8-9H,2,5-6,10H2,1H3;2*1H. The van der Waals surface area contributed by atoms with E-state index in [0.717, 1.165) is 12.3 Å². The molecule has 16 heavy (non-hydrogen) atoms. The Morgan fingerprint density at radius 2 is 2.31 bits per heavy atom. The highest BCUT2D eigenvalue weighted by atomic mass is 35.5. The number of halogens is 2. The van der Waals surface area contributed by atoms with Crippen LogP contribution in [0.3, 0.4) is 0 Å². The van der Waals surface area contributed by atoms with Crippen LogP contribution in [0.4, 0.5) is 0 Å². The van der Waals surface area contributed by atoms with Gasteiger partial charge in [0.1, 0.15) is 6.10 Å². The Morgan fingerprint density at radius 1 is 1.56 bits per heavy atom. The molecule has 2 N–H and O–H groups in total. The van der Waals surface area contributed by atoms with Crippen LogP contribution in [0.25, 0.3) is 0 Å². The molecule has 1 fully saturated rings. The molecule has 0 saturated carbocycles. The molecular weight excluding hydrogens is 253 g/mol. The molecule has 0 bridgehead atoms. The van der Waals surface area contributed by atoms with Gasteiger partial charge in [0.2, 0.25) is 0 Å². The molecule has 2 unspecified atom stereocenters. The molecule has 0 radical (unpaired) electrons. The average Bonchev–Trinajstić information content (AvgIpc) is 2.77. The van der Waals surface area contributed by atoms with E-state index in [1.165, 1.54) is 0 Å². The van der Waals surface area contributed by atoms with Gasteiger partial charge in [0, 0.05) is 6.54 Å². The van der Waals surface area contributed by atoms with Gasteiger partial charge >= 0.3 is 0 Å². The summed E-state index contributed by atoms with van der Waals surface area (Å²) < 4.78 is 12.7. The summed E-state index contributed by atoms with van der Waals surface area (Å²) in [6.07, 6.45) is 3.53. The molecule has 2 atom stereocenters. The molecule has 0 aromatic carbocycles. The van der Waals surface area contributed by atoms with Crippen LogP contribution in [0.1, 0.15) is 6.92 Å². The minimum atomic E-state index is -0.0375. The van der Waals surface area contributed by atoms with Crippen LogP contribution in [0, 0.1) is 0 Å². The molecule has 1 saturated heterocycles. The van der Waals surface area contributed by atoms with Gasteiger partial charge in [-0.25, -0.2) is 0 Å². The highest BCUT2D eigenvalue weighted by molar-refractivity contribution is 5.85. The molecule has 2 heterocycles. The highest BCUT2D eigenvalue weighted by Crippen LogP contribution is 2.15. The van der Waals surface area contributed by atoms with Crippen molar-refractivity contribution in [3.63, 3.8) is 0 Å². The number of hydrogen-bond acceptors (Lipinski definition) is 4. The fourth-order valence-electron chi connectivity index (χ4n) is 1.43. The fraction of sp³-hybridized carbons (Fsp3) is 0.667. The number of aromatic nitrogens is 2. The molecule has 0 amide bonds. The number of nitrogens with two attached hydrogens (primary N) is 1. The lowest BCUT2D eigenvalue weighted by atomic mass is 10.2. The lowest BCUT2D eigenvalue weighted by Crippen LogP contribution is -2.37. The van der Waals surface area contributed by atoms with Gasteiger partial charge in [-0.3, -0.25) is 4.68 Å². The van der Waals surface area contributed by atoms with Crippen molar-refractivity contribution in [3.05, 3.63) is 12.4 Å². The zero-order valence-electron chi connectivity index (χ0n) is 9.04. The average molecular weight is 270 g/mol. The van der Waals surface area contributed by atoms with Crippen molar-refractivity contribution in [2.45, 2.75) is 25.6 Å². The number of hydrogen-bond donors (Lipinski definition) is 1. The van der Waals surface area contributed by atoms with Gasteiger partial charge in [-0.2, -0.15) is 5.10 Å². The van der Waals surface area contributed by atoms with Crippen LogP contribution in [-0.2, 0) is 11.3 Å². The number of nitrogens with zero attached hydrogens (tertiary/aromatic N) is 2. The SMILES string of the molecule is CCn1cc(OC2COCC2N)cn1.Cl.Cl. The summed E-state index contributed by atoms with van der Waals surface area (Å²) in [6.45, 7) is 4.02. The molecule has 7 heteroatoms. The second-order valence-electron chi connectivity index (χ2n) is 3.39. The normalized spacial score (nSPS) is 23.4. The third kappa shape index (κ3) is 3.52. The maximum Gasteiger partial charge on any atom is 0.157 e. The molecule has 0 spiro atoms. The van der Waals surface area contributed by atoms with E-state index in [1.54, 1.807) is 6.20 Å². The van der Waals surface area contributed by atoms with Crippen molar-refractivity contribution in [2.75, 3.05) is 13.2 Å². The summed E-state index contributed by atoms with van der Waals surface area (Å²) >= 11 is 0. The van der Waals surface area contributed by atoms with E-state index in [-0.39, 0.29) is 37.0 Å². The van der Waals surface area contributed by atoms with Gasteiger partial charge in [0.25, 0.3) is 0 Å². The van der Waals surface area contributed by atoms with Crippen LogP contribution < -0.4 is 10.5 Å². The predicted molar refractivity (Wildman–Crippen MR) is 65.6 cm³/mol. The van der Waals surface area contributed by atoms with Gasteiger partial charge in [-0.05, 0) is 6.92 Å². The number of rotatable bonds is 3. The molecule has 2 rings (SSSR count). The first kappa shape index (κ1) is 15.5. The zero-order valence-corrected chi connectivity index (χ0v) is 10.7. The monoisotopic (exact) mass is 269 g/mol. The lowest BCUT2D eigenvalue weighted by Gasteiger charge is -2.13. The molecule has 1 aromatic heterocycles. The van der Waals surface area contributed by atoms with Crippen molar-refractivity contribution >= 4 is 24.8 Å². The van der Waals surface area contributed by atoms with Gasteiger partial charge in [-0.1, -0.05) is 0 Å². The van der Waals surface area contributed by atoms with Crippen LogP contribution in [0.15, 0.2) is 12.4 Å². The molecule has 5 nitrogen and oxygen atoms in total. The van der Waals surface area contributed by atoms with Gasteiger partial charge < -0.3 is 15.2 Å². The Bertz CT molecular complexity index is 309. The van der Waals surface area contributed by atoms with E-state index in [2.05, 4.69) is 5.10 Å². The largest absolute Gasteiger partial charge is 0.483 e. The van der Waals surface area contributed by atoms with Crippen LogP contribution in [0.2, 0.25) is 0 Å². The molecular formula is C9H17Cl2N3O2. The first-order valence-corrected chi connectivity index (χ1v) is 4.82. The zero-order chi connectivity index (χ0) is 9.97. The summed E-state index contributed by atoms with van der Waals surface area (Å²) in [4.78, 5) is 0. The molecule has 94 valence electrons. The third-order valence-corrected chi connectivity index (χ3v) is 2.29. The lowest BCUT2D eigenvalue weighted by molar-refractivity contribution is 0.140. The Morgan fingerprint density at radius 3 is 2.81 bits per heavy atom. The number of aryl methyl sites for hydroxylation is 1. The van der Waals surface area contributed by atoms with Gasteiger partial charge in [0.15, 0.2) is 5.75 Å². The van der Waals surface area contributed by atoms with Crippen LogP contribution >= 0.6 is 24.8 Å². The summed E-state index contributed by atoms with van der Waals surface area (Å²) in [5, 5.41) is 4.11. The maximum absolute atomic E-state index is 5.79. The van der Waals surface area contributed by atoms with Gasteiger partial charge in [-0.15, -0.1) is 24.8 Å². The van der Waals surface area contributed by atoms with E-state index in [9.17, 15) is 0 Å². The minimum absolute atomic E-state index is 0. The smallest absolute Gasteiger partial charge is 0.157 e. The summed E-state index contributed by atoms with van der Waals surface area (Å²) in [5.41, 5.74) is 5.79. The van der Waals surface area contributed by atoms with E-state index in [1.807, 2.05) is 17.8 Å². The first-order valence-electron chi connectivity index (χ1n) is 4.82. The summed E-state index contributed by atoms with van der Waals surface area (Å²) in [5.74, 6) is 0.762. The predicted octanol–water partition coefficient (Wildman–Crippen LogP) is 0.851. The van der Waals surface area contributed by atoms with Crippen LogP contribution in [-0.4, -0.2) is 35.1 Å². The Balaban J connectivity index is 0.00000112. The molecule has 1 aromatic rings. The number of ether oxygens (including phenoxy) is 2. The van der Waals surface area contributed by atoms with Crippen LogP contribution in [0.5, 0.6) is 5.75 Å². The van der Waals surface area contributed by atoms with E-state index in [0.29, 0.717) is 13.2 Å². The van der Waals surface area contributed by atoms with E-state index < -0.39 is 0 Å². The van der Waals surface area contributed by atoms with Crippen molar-refractivity contribution in [1.82, 2.24) is 9.78 Å². The second kappa shape index (κ2) is 6.96. The fourth-order valence-corrected chi connectivity index (χ4v) is 1.43. The second-order valence-corrected chi connectivity index (χ2v) is 3.39. The van der Waals surface area contributed by atoms with Gasteiger partial charge in [0.05, 0.1) is 31.6 Å². The Kier molecular flexibility index (Phi) is 6.74. The first-order chi connectivity index (χ1) is 6.79.